The summed E-state index contributed by atoms with van der Waals surface area (Å²) < 4.78 is 10.9. The average Bonchev–Trinajstić information content (AvgIpc) is 2.90. The van der Waals surface area contributed by atoms with Crippen LogP contribution in [0.25, 0.3) is 0 Å². The summed E-state index contributed by atoms with van der Waals surface area (Å²) in [6.07, 6.45) is 8.76. The van der Waals surface area contributed by atoms with E-state index >= 15 is 0 Å². The standard InChI is InChI=1S/C29H40N2O3/c1-33-26-14-12-22(13-15-26)20-25(30-29(32)24-8-4-3-5-9-24)21-31-18-16-23(17-19-31)27-10-6-7-11-28(27)34-2/h6-7,10-15,23-25H,3-5,8-9,16-21H2,1-2H3,(H,30,32)/t25-/m1/s1. The van der Waals surface area contributed by atoms with Gasteiger partial charge in [-0.1, -0.05) is 49.6 Å². The van der Waals surface area contributed by atoms with Gasteiger partial charge in [0.1, 0.15) is 11.5 Å². The van der Waals surface area contributed by atoms with Crippen LogP contribution in [0.3, 0.4) is 0 Å². The van der Waals surface area contributed by atoms with Crippen molar-refractivity contribution in [3.05, 3.63) is 59.7 Å². The van der Waals surface area contributed by atoms with Gasteiger partial charge in [0.05, 0.1) is 14.2 Å². The number of methoxy groups -OCH3 is 2. The van der Waals surface area contributed by atoms with Crippen molar-refractivity contribution in [1.29, 1.82) is 0 Å². The van der Waals surface area contributed by atoms with Crippen LogP contribution in [-0.2, 0) is 11.2 Å². The Labute approximate surface area is 204 Å². The van der Waals surface area contributed by atoms with Crippen molar-refractivity contribution in [3.63, 3.8) is 0 Å². The molecule has 0 radical (unpaired) electrons. The van der Waals surface area contributed by atoms with Crippen LogP contribution >= 0.6 is 0 Å². The van der Waals surface area contributed by atoms with Gasteiger partial charge >= 0.3 is 0 Å². The minimum absolute atomic E-state index is 0.116. The van der Waals surface area contributed by atoms with E-state index in [4.69, 9.17) is 9.47 Å². The maximum absolute atomic E-state index is 13.1. The Bertz CT molecular complexity index is 900. The van der Waals surface area contributed by atoms with Gasteiger partial charge in [0.15, 0.2) is 0 Å². The molecule has 2 aromatic carbocycles. The number of benzene rings is 2. The number of carbonyl (C=O) groups excluding carboxylic acids is 1. The molecule has 0 unspecified atom stereocenters. The fourth-order valence-corrected chi connectivity index (χ4v) is 5.63. The Morgan fingerprint density at radius 1 is 0.941 bits per heavy atom. The monoisotopic (exact) mass is 464 g/mol. The highest BCUT2D eigenvalue weighted by molar-refractivity contribution is 5.79. The number of rotatable bonds is 9. The number of ether oxygens (including phenoxy) is 2. The molecule has 2 aliphatic rings. The third-order valence-corrected chi connectivity index (χ3v) is 7.61. The van der Waals surface area contributed by atoms with Gasteiger partial charge < -0.3 is 19.7 Å². The SMILES string of the molecule is COc1ccc(C[C@H](CN2CCC(c3ccccc3OC)CC2)NC(=O)C2CCCCC2)cc1. The van der Waals surface area contributed by atoms with Crippen molar-refractivity contribution < 1.29 is 14.3 Å². The second-order valence-electron chi connectivity index (χ2n) is 9.91. The van der Waals surface area contributed by atoms with Crippen molar-refractivity contribution >= 4 is 5.91 Å². The molecule has 1 N–H and O–H groups in total. The highest BCUT2D eigenvalue weighted by atomic mass is 16.5. The number of likely N-dealkylation sites (tertiary alicyclic amines) is 1. The summed E-state index contributed by atoms with van der Waals surface area (Å²) in [6, 6.07) is 16.8. The molecular weight excluding hydrogens is 424 g/mol. The molecule has 1 amide bonds. The molecule has 1 saturated heterocycles. The first-order chi connectivity index (χ1) is 16.7. The molecule has 0 bridgehead atoms. The van der Waals surface area contributed by atoms with E-state index in [1.165, 1.54) is 30.4 Å². The van der Waals surface area contributed by atoms with Gasteiger partial charge in [-0.05, 0) is 80.4 Å². The van der Waals surface area contributed by atoms with Crippen molar-refractivity contribution in [2.45, 2.75) is 63.3 Å². The Morgan fingerprint density at radius 2 is 1.65 bits per heavy atom. The van der Waals surface area contributed by atoms with E-state index < -0.39 is 0 Å². The summed E-state index contributed by atoms with van der Waals surface area (Å²) >= 11 is 0. The van der Waals surface area contributed by atoms with Gasteiger partial charge in [0.25, 0.3) is 0 Å². The lowest BCUT2D eigenvalue weighted by Gasteiger charge is -2.35. The summed E-state index contributed by atoms with van der Waals surface area (Å²) in [4.78, 5) is 15.6. The smallest absolute Gasteiger partial charge is 0.223 e. The molecule has 2 aromatic rings. The lowest BCUT2D eigenvalue weighted by Crippen LogP contribution is -2.48. The van der Waals surface area contributed by atoms with Gasteiger partial charge in [-0.2, -0.15) is 0 Å². The Morgan fingerprint density at radius 3 is 2.32 bits per heavy atom. The zero-order chi connectivity index (χ0) is 23.8. The molecule has 1 atom stereocenters. The first-order valence-corrected chi connectivity index (χ1v) is 12.9. The number of amides is 1. The van der Waals surface area contributed by atoms with E-state index in [-0.39, 0.29) is 17.9 Å². The zero-order valence-corrected chi connectivity index (χ0v) is 20.8. The van der Waals surface area contributed by atoms with Crippen LogP contribution in [0.2, 0.25) is 0 Å². The number of nitrogens with zero attached hydrogens (tertiary/aromatic N) is 1. The summed E-state index contributed by atoms with van der Waals surface area (Å²) in [5.41, 5.74) is 2.56. The number of para-hydroxylation sites is 1. The van der Waals surface area contributed by atoms with Crippen LogP contribution in [0.1, 0.15) is 62.0 Å². The van der Waals surface area contributed by atoms with E-state index in [0.29, 0.717) is 5.92 Å². The zero-order valence-electron chi connectivity index (χ0n) is 20.8. The van der Waals surface area contributed by atoms with Gasteiger partial charge in [-0.25, -0.2) is 0 Å². The summed E-state index contributed by atoms with van der Waals surface area (Å²) in [7, 11) is 3.45. The van der Waals surface area contributed by atoms with Crippen LogP contribution < -0.4 is 14.8 Å². The molecule has 1 saturated carbocycles. The fraction of sp³-hybridized carbons (Fsp3) is 0.552. The van der Waals surface area contributed by atoms with Crippen LogP contribution in [0, 0.1) is 5.92 Å². The highest BCUT2D eigenvalue weighted by Crippen LogP contribution is 2.34. The second-order valence-corrected chi connectivity index (χ2v) is 9.91. The van der Waals surface area contributed by atoms with Crippen LogP contribution in [-0.4, -0.2) is 50.7 Å². The van der Waals surface area contributed by atoms with E-state index in [2.05, 4.69) is 40.5 Å². The molecule has 2 fully saturated rings. The molecule has 34 heavy (non-hydrogen) atoms. The van der Waals surface area contributed by atoms with Gasteiger partial charge in [-0.15, -0.1) is 0 Å². The minimum atomic E-state index is 0.116. The molecule has 4 rings (SSSR count). The van der Waals surface area contributed by atoms with Crippen molar-refractivity contribution in [3.8, 4) is 11.5 Å². The number of carbonyl (C=O) groups is 1. The van der Waals surface area contributed by atoms with Crippen LogP contribution in [0.5, 0.6) is 11.5 Å². The lowest BCUT2D eigenvalue weighted by atomic mass is 9.88. The molecule has 0 aromatic heterocycles. The quantitative estimate of drug-likeness (QED) is 0.555. The Kier molecular flexibility index (Phi) is 8.86. The first-order valence-electron chi connectivity index (χ1n) is 12.9. The molecular formula is C29H40N2O3. The Hall–Kier alpha value is -2.53. The predicted octanol–water partition coefficient (Wildman–Crippen LogP) is 5.19. The van der Waals surface area contributed by atoms with Crippen molar-refractivity contribution in [2.24, 2.45) is 5.92 Å². The second kappa shape index (κ2) is 12.3. The average molecular weight is 465 g/mol. The van der Waals surface area contributed by atoms with Gasteiger partial charge in [-0.3, -0.25) is 4.79 Å². The number of piperidine rings is 1. The third-order valence-electron chi connectivity index (χ3n) is 7.61. The molecule has 1 heterocycles. The maximum atomic E-state index is 13.1. The molecule has 1 aliphatic heterocycles. The lowest BCUT2D eigenvalue weighted by molar-refractivity contribution is -0.126. The summed E-state index contributed by atoms with van der Waals surface area (Å²) in [6.45, 7) is 2.98. The largest absolute Gasteiger partial charge is 0.497 e. The highest BCUT2D eigenvalue weighted by Gasteiger charge is 2.27. The van der Waals surface area contributed by atoms with E-state index in [0.717, 1.165) is 63.2 Å². The normalized spacial score (nSPS) is 18.9. The van der Waals surface area contributed by atoms with E-state index in [1.54, 1.807) is 14.2 Å². The van der Waals surface area contributed by atoms with E-state index in [1.807, 2.05) is 18.2 Å². The molecule has 5 nitrogen and oxygen atoms in total. The molecule has 5 heteroatoms. The number of nitrogens with one attached hydrogen (secondary N) is 1. The molecule has 0 spiro atoms. The first kappa shape index (κ1) is 24.6. The summed E-state index contributed by atoms with van der Waals surface area (Å²) in [5.74, 6) is 2.83. The number of hydrogen-bond acceptors (Lipinski definition) is 4. The summed E-state index contributed by atoms with van der Waals surface area (Å²) in [5, 5.41) is 3.44. The Balaban J connectivity index is 1.38. The predicted molar refractivity (Wildman–Crippen MR) is 137 cm³/mol. The van der Waals surface area contributed by atoms with Gasteiger partial charge in [0, 0.05) is 18.5 Å². The van der Waals surface area contributed by atoms with Crippen LogP contribution in [0.4, 0.5) is 0 Å². The van der Waals surface area contributed by atoms with Crippen molar-refractivity contribution in [1.82, 2.24) is 10.2 Å². The van der Waals surface area contributed by atoms with Gasteiger partial charge in [0.2, 0.25) is 5.91 Å². The van der Waals surface area contributed by atoms with Crippen molar-refractivity contribution in [2.75, 3.05) is 33.9 Å². The number of hydrogen-bond donors (Lipinski definition) is 1. The van der Waals surface area contributed by atoms with E-state index in [9.17, 15) is 4.79 Å². The minimum Gasteiger partial charge on any atom is -0.497 e. The molecule has 1 aliphatic carbocycles. The van der Waals surface area contributed by atoms with Crippen LogP contribution in [0.15, 0.2) is 48.5 Å². The maximum Gasteiger partial charge on any atom is 0.223 e. The molecule has 184 valence electrons. The third kappa shape index (κ3) is 6.53. The topological polar surface area (TPSA) is 50.8 Å². The fourth-order valence-electron chi connectivity index (χ4n) is 5.63.